The Morgan fingerprint density at radius 3 is 2.57 bits per heavy atom. The number of aromatic amines is 1. The highest BCUT2D eigenvalue weighted by Gasteiger charge is 2.19. The van der Waals surface area contributed by atoms with Gasteiger partial charge in [-0.25, -0.2) is 4.98 Å². The van der Waals surface area contributed by atoms with Gasteiger partial charge in [0.2, 0.25) is 0 Å². The minimum Gasteiger partial charge on any atom is -0.343 e. The van der Waals surface area contributed by atoms with E-state index < -0.39 is 11.8 Å². The number of carbonyl (C=O) groups excluding carboxylic acids is 2. The van der Waals surface area contributed by atoms with Crippen molar-refractivity contribution in [1.82, 2.24) is 19.9 Å². The first-order valence-corrected chi connectivity index (χ1v) is 9.29. The molecule has 3 rings (SSSR count). The molecule has 1 unspecified atom stereocenters. The molecule has 3 heterocycles. The van der Waals surface area contributed by atoms with E-state index in [0.29, 0.717) is 17.0 Å². The molecule has 154 valence electrons. The Hall–Kier alpha value is -3.88. The zero-order valence-corrected chi connectivity index (χ0v) is 17.2. The van der Waals surface area contributed by atoms with Gasteiger partial charge in [0.25, 0.3) is 11.8 Å². The summed E-state index contributed by atoms with van der Waals surface area (Å²) in [7, 11) is 3.34. The zero-order valence-electron chi connectivity index (χ0n) is 17.2. The molecule has 0 aromatic carbocycles. The van der Waals surface area contributed by atoms with Crippen LogP contribution in [-0.2, 0) is 4.79 Å². The summed E-state index contributed by atoms with van der Waals surface area (Å²) in [6.45, 7) is 3.21. The Bertz CT molecular complexity index is 1160. The molecule has 0 saturated carbocycles. The Labute approximate surface area is 173 Å². The van der Waals surface area contributed by atoms with Gasteiger partial charge in [-0.05, 0) is 31.2 Å². The highest BCUT2D eigenvalue weighted by atomic mass is 16.2. The van der Waals surface area contributed by atoms with Crippen LogP contribution in [0.15, 0.2) is 36.7 Å². The summed E-state index contributed by atoms with van der Waals surface area (Å²) in [5, 5.41) is 18.9. The molecule has 9 heteroatoms. The zero-order chi connectivity index (χ0) is 22.0. The lowest BCUT2D eigenvalue weighted by molar-refractivity contribution is -0.110. The first-order chi connectivity index (χ1) is 14.2. The van der Waals surface area contributed by atoms with Gasteiger partial charge in [-0.15, -0.1) is 0 Å². The van der Waals surface area contributed by atoms with Crippen LogP contribution in [0.4, 0.5) is 5.69 Å². The van der Waals surface area contributed by atoms with E-state index in [1.54, 1.807) is 52.3 Å². The minimum absolute atomic E-state index is 0.174. The normalized spacial score (nSPS) is 11.7. The lowest BCUT2D eigenvalue weighted by atomic mass is 10.0. The highest BCUT2D eigenvalue weighted by molar-refractivity contribution is 6.45. The molecule has 0 aliphatic carbocycles. The molecule has 0 spiro atoms. The molecular weight excluding hydrogens is 382 g/mol. The van der Waals surface area contributed by atoms with E-state index in [1.165, 1.54) is 11.1 Å². The van der Waals surface area contributed by atoms with Gasteiger partial charge in [-0.3, -0.25) is 20.0 Å². The van der Waals surface area contributed by atoms with Crippen LogP contribution in [0, 0.1) is 16.7 Å². The van der Waals surface area contributed by atoms with Crippen molar-refractivity contribution >= 4 is 40.0 Å². The Morgan fingerprint density at radius 2 is 1.90 bits per heavy atom. The summed E-state index contributed by atoms with van der Waals surface area (Å²) in [6, 6.07) is 7.12. The molecule has 4 N–H and O–H groups in total. The van der Waals surface area contributed by atoms with Gasteiger partial charge in [0, 0.05) is 48.6 Å². The average Bonchev–Trinajstić information content (AvgIpc) is 3.15. The third kappa shape index (κ3) is 4.24. The molecule has 0 saturated heterocycles. The maximum atomic E-state index is 12.3. The molecule has 0 bridgehead atoms. The van der Waals surface area contributed by atoms with Crippen molar-refractivity contribution in [3.8, 4) is 11.3 Å². The molecule has 30 heavy (non-hydrogen) atoms. The fraction of sp³-hybridized carbons (Fsp3) is 0.238. The van der Waals surface area contributed by atoms with Crippen molar-refractivity contribution in [2.45, 2.75) is 13.8 Å². The SMILES string of the molecule is CC(=N)C(C)C(=N)C(=O)Nc1cnc2[nH]c(-c3ccnc(C(=O)N(C)C)c3)cc2c1. The summed E-state index contributed by atoms with van der Waals surface area (Å²) in [5.41, 5.74) is 3.05. The quantitative estimate of drug-likeness (QED) is 0.468. The van der Waals surface area contributed by atoms with E-state index in [4.69, 9.17) is 10.8 Å². The first kappa shape index (κ1) is 20.8. The lowest BCUT2D eigenvalue weighted by Crippen LogP contribution is -2.30. The van der Waals surface area contributed by atoms with Crippen LogP contribution in [-0.4, -0.2) is 57.2 Å². The average molecular weight is 405 g/mol. The fourth-order valence-electron chi connectivity index (χ4n) is 2.79. The second-order valence-electron chi connectivity index (χ2n) is 7.25. The monoisotopic (exact) mass is 405 g/mol. The minimum atomic E-state index is -0.563. The molecule has 0 fully saturated rings. The number of aromatic nitrogens is 3. The van der Waals surface area contributed by atoms with Crippen LogP contribution in [0.3, 0.4) is 0 Å². The number of H-pyrrole nitrogens is 1. The van der Waals surface area contributed by atoms with Gasteiger partial charge < -0.3 is 20.6 Å². The third-order valence-corrected chi connectivity index (χ3v) is 4.75. The largest absolute Gasteiger partial charge is 0.343 e. The van der Waals surface area contributed by atoms with Crippen molar-refractivity contribution in [2.24, 2.45) is 5.92 Å². The maximum Gasteiger partial charge on any atom is 0.271 e. The number of hydrogen-bond donors (Lipinski definition) is 4. The molecule has 0 aliphatic rings. The number of carbonyl (C=O) groups is 2. The molecule has 0 aliphatic heterocycles. The fourth-order valence-corrected chi connectivity index (χ4v) is 2.79. The summed E-state index contributed by atoms with van der Waals surface area (Å²) in [5.74, 6) is -1.30. The van der Waals surface area contributed by atoms with E-state index in [0.717, 1.165) is 16.6 Å². The van der Waals surface area contributed by atoms with E-state index in [9.17, 15) is 9.59 Å². The van der Waals surface area contributed by atoms with Crippen molar-refractivity contribution in [3.63, 3.8) is 0 Å². The van der Waals surface area contributed by atoms with Crippen molar-refractivity contribution in [2.75, 3.05) is 19.4 Å². The summed E-state index contributed by atoms with van der Waals surface area (Å²) >= 11 is 0. The number of nitrogens with one attached hydrogen (secondary N) is 4. The van der Waals surface area contributed by atoms with Gasteiger partial charge >= 0.3 is 0 Å². The third-order valence-electron chi connectivity index (χ3n) is 4.75. The Morgan fingerprint density at radius 1 is 1.17 bits per heavy atom. The van der Waals surface area contributed by atoms with Crippen molar-refractivity contribution < 1.29 is 9.59 Å². The predicted molar refractivity (Wildman–Crippen MR) is 116 cm³/mol. The molecule has 1 atom stereocenters. The van der Waals surface area contributed by atoms with E-state index in [2.05, 4.69) is 20.3 Å². The Kier molecular flexibility index (Phi) is 5.72. The van der Waals surface area contributed by atoms with Crippen LogP contribution in [0.2, 0.25) is 0 Å². The molecule has 3 aromatic rings. The molecule has 9 nitrogen and oxygen atoms in total. The molecule has 2 amide bonds. The van der Waals surface area contributed by atoms with Crippen LogP contribution in [0.25, 0.3) is 22.3 Å². The standard InChI is InChI=1S/C21H23N7O2/c1-11(12(2)22)18(23)20(29)26-15-7-14-9-16(27-19(14)25-10-15)13-5-6-24-17(8-13)21(30)28(3)4/h5-11,22-23H,1-4H3,(H,25,27)(H,26,29). The highest BCUT2D eigenvalue weighted by Crippen LogP contribution is 2.25. The number of hydrogen-bond acceptors (Lipinski definition) is 6. The van der Waals surface area contributed by atoms with Crippen molar-refractivity contribution in [1.29, 1.82) is 10.8 Å². The first-order valence-electron chi connectivity index (χ1n) is 9.29. The smallest absolute Gasteiger partial charge is 0.271 e. The molecule has 3 aromatic heterocycles. The maximum absolute atomic E-state index is 12.3. The number of nitrogens with zero attached hydrogens (tertiary/aromatic N) is 3. The van der Waals surface area contributed by atoms with Crippen LogP contribution in [0.5, 0.6) is 0 Å². The van der Waals surface area contributed by atoms with E-state index >= 15 is 0 Å². The summed E-state index contributed by atoms with van der Waals surface area (Å²) in [6.07, 6.45) is 3.08. The second-order valence-corrected chi connectivity index (χ2v) is 7.25. The van der Waals surface area contributed by atoms with Crippen LogP contribution in [0.1, 0.15) is 24.3 Å². The topological polar surface area (TPSA) is 139 Å². The van der Waals surface area contributed by atoms with Crippen molar-refractivity contribution in [3.05, 3.63) is 42.4 Å². The summed E-state index contributed by atoms with van der Waals surface area (Å²) < 4.78 is 0. The number of rotatable bonds is 6. The van der Waals surface area contributed by atoms with Gasteiger partial charge in [0.05, 0.1) is 11.9 Å². The number of pyridine rings is 2. The van der Waals surface area contributed by atoms with E-state index in [-0.39, 0.29) is 17.3 Å². The van der Waals surface area contributed by atoms with Crippen LogP contribution < -0.4 is 5.32 Å². The van der Waals surface area contributed by atoms with Gasteiger partial charge in [-0.2, -0.15) is 0 Å². The van der Waals surface area contributed by atoms with Crippen LogP contribution >= 0.6 is 0 Å². The number of anilines is 1. The number of fused-ring (bicyclic) bond motifs is 1. The predicted octanol–water partition coefficient (Wildman–Crippen LogP) is 2.96. The van der Waals surface area contributed by atoms with E-state index in [1.807, 2.05) is 6.07 Å². The van der Waals surface area contributed by atoms with Gasteiger partial charge in [0.15, 0.2) is 0 Å². The molecular formula is C21H23N7O2. The molecule has 0 radical (unpaired) electrons. The second kappa shape index (κ2) is 8.24. The summed E-state index contributed by atoms with van der Waals surface area (Å²) in [4.78, 5) is 37.5. The van der Waals surface area contributed by atoms with Gasteiger partial charge in [-0.1, -0.05) is 6.92 Å². The lowest BCUT2D eigenvalue weighted by Gasteiger charge is -2.11. The number of amides is 2. The Balaban J connectivity index is 1.86. The van der Waals surface area contributed by atoms with Gasteiger partial charge in [0.1, 0.15) is 17.1 Å².